The number of benzene rings is 3. The van der Waals surface area contributed by atoms with Crippen molar-refractivity contribution >= 4 is 28.9 Å². The molecule has 0 aromatic heterocycles. The van der Waals surface area contributed by atoms with E-state index in [0.29, 0.717) is 5.11 Å². The number of carbonyl (C=O) groups is 1. The molecular formula is C25H25N3O2S. The van der Waals surface area contributed by atoms with E-state index in [1.165, 1.54) is 0 Å². The van der Waals surface area contributed by atoms with Crippen LogP contribution in [0.25, 0.3) is 0 Å². The SMILES string of the molecule is O=C(c1ccccc1)N1CCC(NC(=S)Nc2ccc(Oc3ccccc3)cc2)CC1. The normalized spacial score (nSPS) is 14.0. The van der Waals surface area contributed by atoms with Crippen LogP contribution in [-0.2, 0) is 0 Å². The average Bonchev–Trinajstić information content (AvgIpc) is 2.82. The van der Waals surface area contributed by atoms with Crippen molar-refractivity contribution in [3.05, 3.63) is 90.5 Å². The Morgan fingerprint density at radius 1 is 0.839 bits per heavy atom. The first-order valence-electron chi connectivity index (χ1n) is 10.4. The number of ether oxygens (including phenoxy) is 1. The molecule has 158 valence electrons. The third-order valence-corrected chi connectivity index (χ3v) is 5.45. The lowest BCUT2D eigenvalue weighted by atomic mass is 10.0. The number of nitrogens with one attached hydrogen (secondary N) is 2. The van der Waals surface area contributed by atoms with Crippen LogP contribution < -0.4 is 15.4 Å². The quantitative estimate of drug-likeness (QED) is 0.553. The van der Waals surface area contributed by atoms with E-state index >= 15 is 0 Å². The van der Waals surface area contributed by atoms with Gasteiger partial charge in [0.25, 0.3) is 5.91 Å². The Bertz CT molecular complexity index is 1000. The van der Waals surface area contributed by atoms with Crippen molar-refractivity contribution in [3.63, 3.8) is 0 Å². The summed E-state index contributed by atoms with van der Waals surface area (Å²) in [5, 5.41) is 7.18. The molecule has 0 saturated carbocycles. The highest BCUT2D eigenvalue weighted by molar-refractivity contribution is 7.80. The van der Waals surface area contributed by atoms with Gasteiger partial charge in [-0.3, -0.25) is 4.79 Å². The third-order valence-electron chi connectivity index (χ3n) is 5.23. The van der Waals surface area contributed by atoms with Crippen LogP contribution in [0, 0.1) is 0 Å². The number of rotatable bonds is 5. The lowest BCUT2D eigenvalue weighted by Gasteiger charge is -2.33. The maximum Gasteiger partial charge on any atom is 0.253 e. The van der Waals surface area contributed by atoms with Gasteiger partial charge in [0.05, 0.1) is 0 Å². The van der Waals surface area contributed by atoms with Gasteiger partial charge < -0.3 is 20.3 Å². The fourth-order valence-corrected chi connectivity index (χ4v) is 3.86. The summed E-state index contributed by atoms with van der Waals surface area (Å²) in [6.45, 7) is 1.44. The van der Waals surface area contributed by atoms with Crippen molar-refractivity contribution in [2.75, 3.05) is 18.4 Å². The highest BCUT2D eigenvalue weighted by Gasteiger charge is 2.23. The number of hydrogen-bond donors (Lipinski definition) is 2. The van der Waals surface area contributed by atoms with E-state index in [0.717, 1.165) is 48.7 Å². The zero-order chi connectivity index (χ0) is 21.5. The smallest absolute Gasteiger partial charge is 0.253 e. The van der Waals surface area contributed by atoms with E-state index in [-0.39, 0.29) is 11.9 Å². The highest BCUT2D eigenvalue weighted by atomic mass is 32.1. The van der Waals surface area contributed by atoms with E-state index in [2.05, 4.69) is 10.6 Å². The molecule has 0 spiro atoms. The summed E-state index contributed by atoms with van der Waals surface area (Å²) >= 11 is 5.48. The average molecular weight is 432 g/mol. The van der Waals surface area contributed by atoms with Crippen LogP contribution in [0.3, 0.4) is 0 Å². The summed E-state index contributed by atoms with van der Waals surface area (Å²) in [6, 6.07) is 27.1. The summed E-state index contributed by atoms with van der Waals surface area (Å²) in [4.78, 5) is 14.5. The minimum Gasteiger partial charge on any atom is -0.457 e. The zero-order valence-corrected chi connectivity index (χ0v) is 18.0. The molecule has 0 unspecified atom stereocenters. The number of anilines is 1. The first-order chi connectivity index (χ1) is 15.2. The Balaban J connectivity index is 1.23. The topological polar surface area (TPSA) is 53.6 Å². The van der Waals surface area contributed by atoms with Crippen LogP contribution in [0.2, 0.25) is 0 Å². The molecule has 6 heteroatoms. The van der Waals surface area contributed by atoms with Crippen LogP contribution >= 0.6 is 12.2 Å². The van der Waals surface area contributed by atoms with Crippen molar-refractivity contribution in [3.8, 4) is 11.5 Å². The second kappa shape index (κ2) is 10.1. The molecule has 3 aromatic carbocycles. The van der Waals surface area contributed by atoms with Gasteiger partial charge in [0.2, 0.25) is 0 Å². The van der Waals surface area contributed by atoms with Gasteiger partial charge in [0.15, 0.2) is 5.11 Å². The first kappa shape index (κ1) is 20.9. The monoisotopic (exact) mass is 431 g/mol. The predicted octanol–water partition coefficient (Wildman–Crippen LogP) is 5.07. The first-order valence-corrected chi connectivity index (χ1v) is 10.8. The Hall–Kier alpha value is -3.38. The Morgan fingerprint density at radius 3 is 2.06 bits per heavy atom. The van der Waals surface area contributed by atoms with E-state index in [1.807, 2.05) is 89.8 Å². The minimum absolute atomic E-state index is 0.0950. The predicted molar refractivity (Wildman–Crippen MR) is 128 cm³/mol. The third kappa shape index (κ3) is 5.83. The van der Waals surface area contributed by atoms with Crippen molar-refractivity contribution in [2.24, 2.45) is 0 Å². The van der Waals surface area contributed by atoms with Gasteiger partial charge in [-0.1, -0.05) is 36.4 Å². The molecule has 1 heterocycles. The molecule has 0 atom stereocenters. The van der Waals surface area contributed by atoms with Crippen LogP contribution in [0.4, 0.5) is 5.69 Å². The molecule has 0 bridgehead atoms. The largest absolute Gasteiger partial charge is 0.457 e. The molecule has 0 radical (unpaired) electrons. The van der Waals surface area contributed by atoms with Crippen molar-refractivity contribution in [1.82, 2.24) is 10.2 Å². The zero-order valence-electron chi connectivity index (χ0n) is 17.2. The van der Waals surface area contributed by atoms with Crippen molar-refractivity contribution in [1.29, 1.82) is 0 Å². The maximum atomic E-state index is 12.6. The number of piperidine rings is 1. The molecule has 4 rings (SSSR count). The molecule has 3 aromatic rings. The molecule has 2 N–H and O–H groups in total. The Labute approximate surface area is 188 Å². The molecule has 31 heavy (non-hydrogen) atoms. The number of likely N-dealkylation sites (tertiary alicyclic amines) is 1. The summed E-state index contributed by atoms with van der Waals surface area (Å²) < 4.78 is 5.81. The maximum absolute atomic E-state index is 12.6. The summed E-state index contributed by atoms with van der Waals surface area (Å²) in [5.74, 6) is 1.67. The number of para-hydroxylation sites is 1. The van der Waals surface area contributed by atoms with Crippen LogP contribution in [-0.4, -0.2) is 35.1 Å². The highest BCUT2D eigenvalue weighted by Crippen LogP contribution is 2.22. The van der Waals surface area contributed by atoms with Crippen LogP contribution in [0.1, 0.15) is 23.2 Å². The molecule has 1 amide bonds. The molecule has 5 nitrogen and oxygen atoms in total. The van der Waals surface area contributed by atoms with Gasteiger partial charge in [-0.15, -0.1) is 0 Å². The summed E-state index contributed by atoms with van der Waals surface area (Å²) in [6.07, 6.45) is 1.73. The van der Waals surface area contributed by atoms with Gasteiger partial charge in [0.1, 0.15) is 11.5 Å². The van der Waals surface area contributed by atoms with Gasteiger partial charge >= 0.3 is 0 Å². The van der Waals surface area contributed by atoms with E-state index in [1.54, 1.807) is 0 Å². The fourth-order valence-electron chi connectivity index (χ4n) is 3.57. The second-order valence-electron chi connectivity index (χ2n) is 7.47. The Kier molecular flexibility index (Phi) is 6.79. The lowest BCUT2D eigenvalue weighted by molar-refractivity contribution is 0.0710. The van der Waals surface area contributed by atoms with Crippen LogP contribution in [0.15, 0.2) is 84.9 Å². The second-order valence-corrected chi connectivity index (χ2v) is 7.88. The van der Waals surface area contributed by atoms with Gasteiger partial charge in [0, 0.05) is 30.4 Å². The minimum atomic E-state index is 0.0950. The van der Waals surface area contributed by atoms with Crippen molar-refractivity contribution in [2.45, 2.75) is 18.9 Å². The molecule has 1 fully saturated rings. The number of nitrogens with zero attached hydrogens (tertiary/aromatic N) is 1. The van der Waals surface area contributed by atoms with E-state index in [4.69, 9.17) is 17.0 Å². The van der Waals surface area contributed by atoms with Crippen molar-refractivity contribution < 1.29 is 9.53 Å². The van der Waals surface area contributed by atoms with Crippen LogP contribution in [0.5, 0.6) is 11.5 Å². The number of carbonyl (C=O) groups excluding carboxylic acids is 1. The fraction of sp³-hybridized carbons (Fsp3) is 0.200. The van der Waals surface area contributed by atoms with Gasteiger partial charge in [-0.2, -0.15) is 0 Å². The van der Waals surface area contributed by atoms with E-state index < -0.39 is 0 Å². The molecule has 0 aliphatic carbocycles. The molecule has 1 aliphatic rings. The molecule has 1 saturated heterocycles. The summed E-state index contributed by atoms with van der Waals surface area (Å²) in [7, 11) is 0. The van der Waals surface area contributed by atoms with E-state index in [9.17, 15) is 4.79 Å². The standard InChI is InChI=1S/C25H25N3O2S/c29-24(19-7-3-1-4-8-19)28-17-15-21(16-18-28)27-25(31)26-20-11-13-23(14-12-20)30-22-9-5-2-6-10-22/h1-14,21H,15-18H2,(H2,26,27,31). The van der Waals surface area contributed by atoms with Gasteiger partial charge in [-0.25, -0.2) is 0 Å². The molecule has 1 aliphatic heterocycles. The Morgan fingerprint density at radius 2 is 1.42 bits per heavy atom. The lowest BCUT2D eigenvalue weighted by Crippen LogP contribution is -2.47. The number of amides is 1. The summed E-state index contributed by atoms with van der Waals surface area (Å²) in [5.41, 5.74) is 1.64. The molecular weight excluding hydrogens is 406 g/mol. The van der Waals surface area contributed by atoms with Gasteiger partial charge in [-0.05, 0) is 73.6 Å². The number of hydrogen-bond acceptors (Lipinski definition) is 3. The number of thiocarbonyl (C=S) groups is 1.